The largest absolute Gasteiger partial charge is 0.377 e. The zero-order chi connectivity index (χ0) is 16.2. The molecule has 0 radical (unpaired) electrons. The summed E-state index contributed by atoms with van der Waals surface area (Å²) in [6, 6.07) is 12.3. The molecule has 0 aromatic carbocycles. The molecule has 0 bridgehead atoms. The van der Waals surface area contributed by atoms with Gasteiger partial charge in [-0.3, -0.25) is 14.9 Å². The van der Waals surface area contributed by atoms with Gasteiger partial charge in [-0.25, -0.2) is 0 Å². The molecule has 0 amide bonds. The van der Waals surface area contributed by atoms with Crippen LogP contribution in [0.4, 0.5) is 0 Å². The smallest absolute Gasteiger partial charge is 0.0636 e. The van der Waals surface area contributed by atoms with Crippen LogP contribution in [0, 0.1) is 5.41 Å². The van der Waals surface area contributed by atoms with Gasteiger partial charge in [-0.15, -0.1) is 0 Å². The Balaban J connectivity index is 1.29. The van der Waals surface area contributed by atoms with E-state index in [-0.39, 0.29) is 0 Å². The minimum atomic E-state index is 0.335. The average molecular weight is 323 g/mol. The van der Waals surface area contributed by atoms with Crippen LogP contribution in [0.2, 0.25) is 0 Å². The minimum Gasteiger partial charge on any atom is -0.377 e. The predicted molar refractivity (Wildman–Crippen MR) is 93.5 cm³/mol. The second-order valence-corrected chi connectivity index (χ2v) is 7.26. The SMILES string of the molecule is c1ccc(C[C@@H]2CC3(CCN(Cc4ccccn4)CC3)CO2)nc1. The molecule has 2 aromatic heterocycles. The summed E-state index contributed by atoms with van der Waals surface area (Å²) in [5.41, 5.74) is 2.70. The molecule has 4 rings (SSSR count). The third-order valence-corrected chi connectivity index (χ3v) is 5.48. The highest BCUT2D eigenvalue weighted by Crippen LogP contribution is 2.42. The third kappa shape index (κ3) is 3.65. The Hall–Kier alpha value is -1.78. The zero-order valence-electron chi connectivity index (χ0n) is 14.1. The maximum atomic E-state index is 6.13. The topological polar surface area (TPSA) is 38.2 Å². The summed E-state index contributed by atoms with van der Waals surface area (Å²) in [6.45, 7) is 4.18. The van der Waals surface area contributed by atoms with Gasteiger partial charge in [-0.05, 0) is 62.0 Å². The molecule has 1 spiro atoms. The van der Waals surface area contributed by atoms with Gasteiger partial charge in [0.2, 0.25) is 0 Å². The first-order valence-corrected chi connectivity index (χ1v) is 8.95. The van der Waals surface area contributed by atoms with Crippen molar-refractivity contribution in [3.63, 3.8) is 0 Å². The monoisotopic (exact) mass is 323 g/mol. The van der Waals surface area contributed by atoms with Gasteiger partial charge in [0.1, 0.15) is 0 Å². The molecule has 2 saturated heterocycles. The van der Waals surface area contributed by atoms with Crippen molar-refractivity contribution in [3.05, 3.63) is 60.2 Å². The number of ether oxygens (including phenoxy) is 1. The van der Waals surface area contributed by atoms with Gasteiger partial charge in [0.05, 0.1) is 18.4 Å². The molecule has 0 N–H and O–H groups in total. The maximum Gasteiger partial charge on any atom is 0.0636 e. The van der Waals surface area contributed by atoms with Crippen LogP contribution in [0.15, 0.2) is 48.8 Å². The minimum absolute atomic E-state index is 0.335. The fourth-order valence-corrected chi connectivity index (χ4v) is 4.03. The van der Waals surface area contributed by atoms with Crippen molar-refractivity contribution in [2.75, 3.05) is 19.7 Å². The molecule has 4 heteroatoms. The normalized spacial score (nSPS) is 23.6. The molecule has 2 fully saturated rings. The first-order chi connectivity index (χ1) is 11.8. The van der Waals surface area contributed by atoms with Crippen molar-refractivity contribution in [2.24, 2.45) is 5.41 Å². The lowest BCUT2D eigenvalue weighted by atomic mass is 9.76. The van der Waals surface area contributed by atoms with Gasteiger partial charge in [0.15, 0.2) is 0 Å². The van der Waals surface area contributed by atoms with Gasteiger partial charge in [0, 0.05) is 31.1 Å². The Morgan fingerprint density at radius 2 is 1.71 bits per heavy atom. The van der Waals surface area contributed by atoms with E-state index in [1.807, 2.05) is 24.5 Å². The zero-order valence-corrected chi connectivity index (χ0v) is 14.1. The van der Waals surface area contributed by atoms with E-state index in [2.05, 4.69) is 39.1 Å². The lowest BCUT2D eigenvalue weighted by Crippen LogP contribution is -2.40. The number of likely N-dealkylation sites (tertiary alicyclic amines) is 1. The summed E-state index contributed by atoms with van der Waals surface area (Å²) < 4.78 is 6.13. The fraction of sp³-hybridized carbons (Fsp3) is 0.500. The third-order valence-electron chi connectivity index (χ3n) is 5.48. The second-order valence-electron chi connectivity index (χ2n) is 7.26. The van der Waals surface area contributed by atoms with E-state index < -0.39 is 0 Å². The van der Waals surface area contributed by atoms with Crippen molar-refractivity contribution >= 4 is 0 Å². The van der Waals surface area contributed by atoms with Crippen LogP contribution < -0.4 is 0 Å². The number of hydrogen-bond donors (Lipinski definition) is 0. The van der Waals surface area contributed by atoms with Crippen LogP contribution in [-0.4, -0.2) is 40.7 Å². The first kappa shape index (κ1) is 15.7. The number of piperidine rings is 1. The number of rotatable bonds is 4. The van der Waals surface area contributed by atoms with Gasteiger partial charge < -0.3 is 4.74 Å². The maximum absolute atomic E-state index is 6.13. The van der Waals surface area contributed by atoms with E-state index in [9.17, 15) is 0 Å². The molecule has 0 saturated carbocycles. The molecule has 2 aliphatic rings. The van der Waals surface area contributed by atoms with Crippen LogP contribution in [0.25, 0.3) is 0 Å². The first-order valence-electron chi connectivity index (χ1n) is 8.95. The Morgan fingerprint density at radius 3 is 2.38 bits per heavy atom. The van der Waals surface area contributed by atoms with Gasteiger partial charge >= 0.3 is 0 Å². The highest BCUT2D eigenvalue weighted by molar-refractivity contribution is 5.07. The van der Waals surface area contributed by atoms with Crippen LogP contribution in [0.3, 0.4) is 0 Å². The van der Waals surface area contributed by atoms with Gasteiger partial charge in [-0.2, -0.15) is 0 Å². The lowest BCUT2D eigenvalue weighted by molar-refractivity contribution is 0.0626. The summed E-state index contributed by atoms with van der Waals surface area (Å²) in [4.78, 5) is 11.4. The molecular weight excluding hydrogens is 298 g/mol. The summed E-state index contributed by atoms with van der Waals surface area (Å²) in [5, 5.41) is 0. The number of nitrogens with zero attached hydrogens (tertiary/aromatic N) is 3. The van der Waals surface area contributed by atoms with E-state index in [4.69, 9.17) is 4.74 Å². The molecule has 2 aliphatic heterocycles. The predicted octanol–water partition coefficient (Wildman–Crippen LogP) is 3.09. The van der Waals surface area contributed by atoms with Gasteiger partial charge in [0.25, 0.3) is 0 Å². The molecular formula is C20H25N3O. The molecule has 0 unspecified atom stereocenters. The summed E-state index contributed by atoms with van der Waals surface area (Å²) in [6.07, 6.45) is 8.68. The molecule has 126 valence electrons. The Kier molecular flexibility index (Phi) is 4.58. The quantitative estimate of drug-likeness (QED) is 0.867. The second kappa shape index (κ2) is 6.99. The van der Waals surface area contributed by atoms with Crippen molar-refractivity contribution in [3.8, 4) is 0 Å². The van der Waals surface area contributed by atoms with Crippen LogP contribution in [0.5, 0.6) is 0 Å². The van der Waals surface area contributed by atoms with E-state index >= 15 is 0 Å². The number of aromatic nitrogens is 2. The van der Waals surface area contributed by atoms with Crippen LogP contribution in [0.1, 0.15) is 30.7 Å². The standard InChI is InChI=1S/C20H25N3O/c1-3-9-21-17(5-1)13-19-14-20(16-24-19)7-11-23(12-8-20)15-18-6-2-4-10-22-18/h1-6,9-10,19H,7-8,11-16H2/t19-/m1/s1. The van der Waals surface area contributed by atoms with E-state index in [0.29, 0.717) is 11.5 Å². The summed E-state index contributed by atoms with van der Waals surface area (Å²) in [7, 11) is 0. The van der Waals surface area contributed by atoms with E-state index in [1.54, 1.807) is 0 Å². The Morgan fingerprint density at radius 1 is 1.00 bits per heavy atom. The molecule has 2 aromatic rings. The average Bonchev–Trinajstić information content (AvgIpc) is 3.01. The summed E-state index contributed by atoms with van der Waals surface area (Å²) >= 11 is 0. The van der Waals surface area contributed by atoms with E-state index in [0.717, 1.165) is 38.4 Å². The highest BCUT2D eigenvalue weighted by atomic mass is 16.5. The van der Waals surface area contributed by atoms with Crippen LogP contribution >= 0.6 is 0 Å². The Labute approximate surface area is 143 Å². The number of hydrogen-bond acceptors (Lipinski definition) is 4. The van der Waals surface area contributed by atoms with Crippen molar-refractivity contribution in [1.82, 2.24) is 14.9 Å². The Bertz CT molecular complexity index is 638. The van der Waals surface area contributed by atoms with Crippen LogP contribution in [-0.2, 0) is 17.7 Å². The van der Waals surface area contributed by atoms with Crippen molar-refractivity contribution in [2.45, 2.75) is 38.3 Å². The summed E-state index contributed by atoms with van der Waals surface area (Å²) in [5.74, 6) is 0. The van der Waals surface area contributed by atoms with E-state index in [1.165, 1.54) is 25.0 Å². The molecule has 4 heterocycles. The van der Waals surface area contributed by atoms with Crippen molar-refractivity contribution in [1.29, 1.82) is 0 Å². The number of pyridine rings is 2. The molecule has 1 atom stereocenters. The van der Waals surface area contributed by atoms with Crippen molar-refractivity contribution < 1.29 is 4.74 Å². The fourth-order valence-electron chi connectivity index (χ4n) is 4.03. The lowest BCUT2D eigenvalue weighted by Gasteiger charge is -2.38. The molecule has 0 aliphatic carbocycles. The molecule has 4 nitrogen and oxygen atoms in total. The molecule has 24 heavy (non-hydrogen) atoms. The highest BCUT2D eigenvalue weighted by Gasteiger charge is 2.42. The van der Waals surface area contributed by atoms with Gasteiger partial charge in [-0.1, -0.05) is 12.1 Å².